The summed E-state index contributed by atoms with van der Waals surface area (Å²) in [4.78, 5) is 37.3. The number of carboxylic acid groups (broad SMARTS) is 1. The molecule has 0 saturated carbocycles. The quantitative estimate of drug-likeness (QED) is 0.470. The summed E-state index contributed by atoms with van der Waals surface area (Å²) in [7, 11) is 0. The van der Waals surface area contributed by atoms with Gasteiger partial charge in [-0.1, -0.05) is 48.5 Å². The highest BCUT2D eigenvalue weighted by molar-refractivity contribution is 6.09. The third kappa shape index (κ3) is 3.33. The predicted octanol–water partition coefficient (Wildman–Crippen LogP) is 4.28. The van der Waals surface area contributed by atoms with Gasteiger partial charge in [0.15, 0.2) is 11.3 Å². The van der Waals surface area contributed by atoms with E-state index in [-0.39, 0.29) is 0 Å². The number of fused-ring (bicyclic) bond motifs is 3. The lowest BCUT2D eigenvalue weighted by atomic mass is 9.83. The van der Waals surface area contributed by atoms with E-state index in [0.717, 1.165) is 10.8 Å². The van der Waals surface area contributed by atoms with Crippen LogP contribution in [0.5, 0.6) is 0 Å². The molecule has 1 amide bonds. The molecule has 0 saturated heterocycles. The molecule has 1 atom stereocenters. The van der Waals surface area contributed by atoms with E-state index < -0.39 is 29.6 Å². The number of rotatable bonds is 6. The smallest absolute Gasteiger partial charge is 0.334 e. The van der Waals surface area contributed by atoms with E-state index in [1.54, 1.807) is 48.5 Å². The number of furan rings is 1. The molecule has 0 aliphatic carbocycles. The molecule has 4 aromatic rings. The number of aliphatic carboxylic acids is 1. The monoisotopic (exact) mass is 401 g/mol. The third-order valence-electron chi connectivity index (χ3n) is 5.15. The SMILES string of the molecule is CC(=O)NC(CC(=O)c1ccc2oc3ccccc3c2c1)(C(=O)O)c1ccccc1. The molecular formula is C24H19NO5. The van der Waals surface area contributed by atoms with Crippen molar-refractivity contribution in [1.29, 1.82) is 0 Å². The number of carbonyl (C=O) groups excluding carboxylic acids is 2. The summed E-state index contributed by atoms with van der Waals surface area (Å²) in [6.07, 6.45) is -0.423. The highest BCUT2D eigenvalue weighted by atomic mass is 16.4. The molecule has 30 heavy (non-hydrogen) atoms. The van der Waals surface area contributed by atoms with Crippen LogP contribution in [-0.2, 0) is 15.1 Å². The number of nitrogens with one attached hydrogen (secondary N) is 1. The number of ketones is 1. The summed E-state index contributed by atoms with van der Waals surface area (Å²) in [5.41, 5.74) is 0.163. The Hall–Kier alpha value is -3.93. The van der Waals surface area contributed by atoms with Crippen LogP contribution in [0.1, 0.15) is 29.3 Å². The van der Waals surface area contributed by atoms with Gasteiger partial charge in [0.2, 0.25) is 5.91 Å². The molecule has 0 spiro atoms. The van der Waals surface area contributed by atoms with Gasteiger partial charge in [-0.05, 0) is 29.8 Å². The normalized spacial score (nSPS) is 13.1. The van der Waals surface area contributed by atoms with E-state index in [0.29, 0.717) is 22.3 Å². The Balaban J connectivity index is 1.78. The van der Waals surface area contributed by atoms with Crippen LogP contribution in [0, 0.1) is 0 Å². The van der Waals surface area contributed by atoms with Crippen molar-refractivity contribution in [3.63, 3.8) is 0 Å². The van der Waals surface area contributed by atoms with Crippen LogP contribution in [0.4, 0.5) is 0 Å². The molecular weight excluding hydrogens is 382 g/mol. The summed E-state index contributed by atoms with van der Waals surface area (Å²) in [6.45, 7) is 1.23. The number of benzene rings is 3. The van der Waals surface area contributed by atoms with Gasteiger partial charge in [0.1, 0.15) is 11.2 Å². The zero-order valence-corrected chi connectivity index (χ0v) is 16.2. The van der Waals surface area contributed by atoms with Gasteiger partial charge in [-0.3, -0.25) is 9.59 Å². The molecule has 0 aliphatic heterocycles. The number of hydrogen-bond donors (Lipinski definition) is 2. The molecule has 0 radical (unpaired) electrons. The van der Waals surface area contributed by atoms with Crippen molar-refractivity contribution in [2.24, 2.45) is 0 Å². The minimum Gasteiger partial charge on any atom is -0.479 e. The molecule has 3 aromatic carbocycles. The first-order valence-electron chi connectivity index (χ1n) is 9.43. The van der Waals surface area contributed by atoms with Gasteiger partial charge in [0.25, 0.3) is 0 Å². The maximum Gasteiger partial charge on any atom is 0.334 e. The molecule has 0 bridgehead atoms. The molecule has 4 rings (SSSR count). The van der Waals surface area contributed by atoms with Crippen LogP contribution in [-0.4, -0.2) is 22.8 Å². The lowest BCUT2D eigenvalue weighted by Gasteiger charge is -2.30. The molecule has 6 heteroatoms. The van der Waals surface area contributed by atoms with Gasteiger partial charge in [-0.15, -0.1) is 0 Å². The van der Waals surface area contributed by atoms with E-state index in [9.17, 15) is 19.5 Å². The number of para-hydroxylation sites is 1. The molecule has 2 N–H and O–H groups in total. The fourth-order valence-corrected chi connectivity index (χ4v) is 3.74. The van der Waals surface area contributed by atoms with E-state index >= 15 is 0 Å². The molecule has 0 fully saturated rings. The van der Waals surface area contributed by atoms with Crippen LogP contribution in [0.25, 0.3) is 21.9 Å². The molecule has 150 valence electrons. The van der Waals surface area contributed by atoms with Gasteiger partial charge in [0.05, 0.1) is 0 Å². The number of carboxylic acids is 1. The number of amides is 1. The minimum atomic E-state index is -1.86. The summed E-state index contributed by atoms with van der Waals surface area (Å²) < 4.78 is 5.79. The first kappa shape index (κ1) is 19.4. The van der Waals surface area contributed by atoms with Crippen LogP contribution in [0.2, 0.25) is 0 Å². The van der Waals surface area contributed by atoms with E-state index in [1.165, 1.54) is 6.92 Å². The highest BCUT2D eigenvalue weighted by Crippen LogP contribution is 2.32. The third-order valence-corrected chi connectivity index (χ3v) is 5.15. The van der Waals surface area contributed by atoms with Crippen LogP contribution >= 0.6 is 0 Å². The summed E-state index contributed by atoms with van der Waals surface area (Å²) in [6, 6.07) is 20.8. The predicted molar refractivity (Wildman–Crippen MR) is 112 cm³/mol. The average molecular weight is 401 g/mol. The second kappa shape index (κ2) is 7.48. The first-order chi connectivity index (χ1) is 14.4. The Bertz CT molecular complexity index is 1270. The van der Waals surface area contributed by atoms with Crippen molar-refractivity contribution < 1.29 is 23.9 Å². The fourth-order valence-electron chi connectivity index (χ4n) is 3.74. The molecule has 6 nitrogen and oxygen atoms in total. The van der Waals surface area contributed by atoms with E-state index in [1.807, 2.05) is 24.3 Å². The Kier molecular flexibility index (Phi) is 4.83. The molecule has 1 aromatic heterocycles. The van der Waals surface area contributed by atoms with Gasteiger partial charge < -0.3 is 14.8 Å². The largest absolute Gasteiger partial charge is 0.479 e. The van der Waals surface area contributed by atoms with Gasteiger partial charge in [0, 0.05) is 29.7 Å². The Morgan fingerprint density at radius 1 is 0.900 bits per heavy atom. The van der Waals surface area contributed by atoms with Crippen molar-refractivity contribution in [1.82, 2.24) is 5.32 Å². The van der Waals surface area contributed by atoms with Gasteiger partial charge >= 0.3 is 5.97 Å². The van der Waals surface area contributed by atoms with Gasteiger partial charge in [-0.2, -0.15) is 0 Å². The second-order valence-electron chi connectivity index (χ2n) is 7.17. The van der Waals surface area contributed by atoms with Crippen LogP contribution in [0.3, 0.4) is 0 Å². The molecule has 1 heterocycles. The number of Topliss-reactive ketones (excluding diaryl/α,β-unsaturated/α-hetero) is 1. The second-order valence-corrected chi connectivity index (χ2v) is 7.17. The van der Waals surface area contributed by atoms with Crippen molar-refractivity contribution in [2.75, 3.05) is 0 Å². The van der Waals surface area contributed by atoms with Crippen molar-refractivity contribution >= 4 is 39.6 Å². The lowest BCUT2D eigenvalue weighted by Crippen LogP contribution is -2.52. The Morgan fingerprint density at radius 2 is 1.57 bits per heavy atom. The van der Waals surface area contributed by atoms with E-state index in [4.69, 9.17) is 4.42 Å². The summed E-state index contributed by atoms with van der Waals surface area (Å²) in [5, 5.41) is 14.2. The van der Waals surface area contributed by atoms with Crippen molar-refractivity contribution in [3.8, 4) is 0 Å². The van der Waals surface area contributed by atoms with E-state index in [2.05, 4.69) is 5.32 Å². The average Bonchev–Trinajstić information content (AvgIpc) is 3.11. The number of carbonyl (C=O) groups is 3. The highest BCUT2D eigenvalue weighted by Gasteiger charge is 2.43. The van der Waals surface area contributed by atoms with Crippen LogP contribution < -0.4 is 5.32 Å². The zero-order valence-electron chi connectivity index (χ0n) is 16.2. The zero-order chi connectivity index (χ0) is 21.3. The maximum atomic E-state index is 13.2. The summed E-state index contributed by atoms with van der Waals surface area (Å²) in [5.74, 6) is -2.24. The number of hydrogen-bond acceptors (Lipinski definition) is 4. The molecule has 0 aliphatic rings. The fraction of sp³-hybridized carbons (Fsp3) is 0.125. The Morgan fingerprint density at radius 3 is 2.27 bits per heavy atom. The lowest BCUT2D eigenvalue weighted by molar-refractivity contribution is -0.147. The van der Waals surface area contributed by atoms with Crippen LogP contribution in [0.15, 0.2) is 77.2 Å². The van der Waals surface area contributed by atoms with Crippen molar-refractivity contribution in [2.45, 2.75) is 18.9 Å². The Labute approximate surface area is 172 Å². The maximum absolute atomic E-state index is 13.2. The summed E-state index contributed by atoms with van der Waals surface area (Å²) >= 11 is 0. The minimum absolute atomic E-state index is 0.330. The van der Waals surface area contributed by atoms with Gasteiger partial charge in [-0.25, -0.2) is 4.79 Å². The molecule has 1 unspecified atom stereocenters. The first-order valence-corrected chi connectivity index (χ1v) is 9.43. The topological polar surface area (TPSA) is 96.6 Å². The van der Waals surface area contributed by atoms with Crippen molar-refractivity contribution in [3.05, 3.63) is 83.9 Å². The standard InChI is InChI=1S/C24H19NO5/c1-15(26)25-24(23(28)29,17-7-3-2-4-8-17)14-20(27)16-11-12-22-19(13-16)18-9-5-6-10-21(18)30-22/h2-13H,14H2,1H3,(H,25,26)(H,28,29).